The SMILES string of the molecule is O=S(=O)(NCC1CN(C2CCC2)Cc2ccnn21)c1ccccc1. The van der Waals surface area contributed by atoms with Gasteiger partial charge in [-0.3, -0.25) is 9.58 Å². The highest BCUT2D eigenvalue weighted by Crippen LogP contribution is 2.30. The first-order chi connectivity index (χ1) is 11.6. The van der Waals surface area contributed by atoms with Crippen LogP contribution in [0.3, 0.4) is 0 Å². The predicted molar refractivity (Wildman–Crippen MR) is 90.9 cm³/mol. The maximum absolute atomic E-state index is 12.5. The molecule has 6 nitrogen and oxygen atoms in total. The third-order valence-electron chi connectivity index (χ3n) is 5.06. The first-order valence-electron chi connectivity index (χ1n) is 8.45. The summed E-state index contributed by atoms with van der Waals surface area (Å²) in [5.74, 6) is 0. The Kier molecular flexibility index (Phi) is 4.15. The molecule has 1 fully saturated rings. The largest absolute Gasteiger partial charge is 0.292 e. The van der Waals surface area contributed by atoms with E-state index in [1.54, 1.807) is 30.5 Å². The molecule has 0 bridgehead atoms. The lowest BCUT2D eigenvalue weighted by Crippen LogP contribution is -2.48. The summed E-state index contributed by atoms with van der Waals surface area (Å²) in [5, 5.41) is 4.40. The van der Waals surface area contributed by atoms with Crippen molar-refractivity contribution in [3.63, 3.8) is 0 Å². The third-order valence-corrected chi connectivity index (χ3v) is 6.50. The van der Waals surface area contributed by atoms with Crippen molar-refractivity contribution in [2.75, 3.05) is 13.1 Å². The minimum Gasteiger partial charge on any atom is -0.292 e. The molecule has 2 heterocycles. The van der Waals surface area contributed by atoms with Crippen LogP contribution >= 0.6 is 0 Å². The molecule has 0 amide bonds. The van der Waals surface area contributed by atoms with Crippen LogP contribution in [0.2, 0.25) is 0 Å². The zero-order valence-corrected chi connectivity index (χ0v) is 14.3. The molecular weight excluding hydrogens is 324 g/mol. The highest BCUT2D eigenvalue weighted by atomic mass is 32.2. The number of benzene rings is 1. The molecule has 1 aromatic heterocycles. The van der Waals surface area contributed by atoms with E-state index in [9.17, 15) is 8.42 Å². The van der Waals surface area contributed by atoms with Crippen LogP contribution in [0.1, 0.15) is 31.0 Å². The van der Waals surface area contributed by atoms with Crippen LogP contribution in [-0.4, -0.2) is 42.2 Å². The van der Waals surface area contributed by atoms with Crippen molar-refractivity contribution in [1.29, 1.82) is 0 Å². The first kappa shape index (κ1) is 15.8. The fourth-order valence-electron chi connectivity index (χ4n) is 3.49. The molecule has 24 heavy (non-hydrogen) atoms. The molecule has 7 heteroatoms. The summed E-state index contributed by atoms with van der Waals surface area (Å²) >= 11 is 0. The summed E-state index contributed by atoms with van der Waals surface area (Å²) in [5.41, 5.74) is 1.16. The Morgan fingerprint density at radius 1 is 1.17 bits per heavy atom. The lowest BCUT2D eigenvalue weighted by atomic mass is 9.90. The molecule has 2 aromatic rings. The van der Waals surface area contributed by atoms with E-state index in [1.807, 2.05) is 16.8 Å². The number of nitrogens with zero attached hydrogens (tertiary/aromatic N) is 3. The number of nitrogens with one attached hydrogen (secondary N) is 1. The number of hydrogen-bond acceptors (Lipinski definition) is 4. The Labute approximate surface area is 142 Å². The van der Waals surface area contributed by atoms with E-state index < -0.39 is 10.0 Å². The Bertz CT molecular complexity index is 799. The average molecular weight is 346 g/mol. The Hall–Kier alpha value is -1.70. The molecule has 2 aliphatic rings. The van der Waals surface area contributed by atoms with Gasteiger partial charge in [-0.15, -0.1) is 0 Å². The summed E-state index contributed by atoms with van der Waals surface area (Å²) in [6.45, 7) is 2.11. The summed E-state index contributed by atoms with van der Waals surface area (Å²) in [7, 11) is -3.48. The second-order valence-corrected chi connectivity index (χ2v) is 8.37. The van der Waals surface area contributed by atoms with Crippen molar-refractivity contribution in [2.24, 2.45) is 0 Å². The van der Waals surface area contributed by atoms with Crippen molar-refractivity contribution in [3.8, 4) is 0 Å². The predicted octanol–water partition coefficient (Wildman–Crippen LogP) is 1.77. The van der Waals surface area contributed by atoms with E-state index in [2.05, 4.69) is 14.7 Å². The normalized spacial score (nSPS) is 22.1. The van der Waals surface area contributed by atoms with Gasteiger partial charge in [0.25, 0.3) is 0 Å². The van der Waals surface area contributed by atoms with E-state index in [1.165, 1.54) is 19.3 Å². The number of sulfonamides is 1. The smallest absolute Gasteiger partial charge is 0.240 e. The molecule has 1 atom stereocenters. The summed E-state index contributed by atoms with van der Waals surface area (Å²) in [6, 6.07) is 11.2. The maximum Gasteiger partial charge on any atom is 0.240 e. The van der Waals surface area contributed by atoms with Crippen LogP contribution in [-0.2, 0) is 16.6 Å². The number of fused-ring (bicyclic) bond motifs is 1. The molecule has 1 N–H and O–H groups in total. The van der Waals surface area contributed by atoms with E-state index in [4.69, 9.17) is 0 Å². The zero-order chi connectivity index (χ0) is 16.6. The molecule has 0 saturated heterocycles. The molecule has 1 aromatic carbocycles. The Morgan fingerprint density at radius 2 is 1.96 bits per heavy atom. The van der Waals surface area contributed by atoms with Crippen LogP contribution in [0.25, 0.3) is 0 Å². The van der Waals surface area contributed by atoms with Gasteiger partial charge < -0.3 is 0 Å². The van der Waals surface area contributed by atoms with Gasteiger partial charge in [0.05, 0.1) is 16.6 Å². The van der Waals surface area contributed by atoms with Gasteiger partial charge in [-0.25, -0.2) is 13.1 Å². The van der Waals surface area contributed by atoms with Crippen molar-refractivity contribution >= 4 is 10.0 Å². The highest BCUT2D eigenvalue weighted by Gasteiger charge is 2.33. The second kappa shape index (κ2) is 6.31. The summed E-state index contributed by atoms with van der Waals surface area (Å²) < 4.78 is 29.6. The first-order valence-corrected chi connectivity index (χ1v) is 9.93. The van der Waals surface area contributed by atoms with Gasteiger partial charge in [0.15, 0.2) is 0 Å². The van der Waals surface area contributed by atoms with Crippen molar-refractivity contribution in [2.45, 2.75) is 42.8 Å². The van der Waals surface area contributed by atoms with Gasteiger partial charge in [-0.05, 0) is 31.0 Å². The molecule has 1 aliphatic carbocycles. The molecule has 1 unspecified atom stereocenters. The van der Waals surface area contributed by atoms with Gasteiger partial charge in [-0.1, -0.05) is 24.6 Å². The fraction of sp³-hybridized carbons (Fsp3) is 0.471. The van der Waals surface area contributed by atoms with Gasteiger partial charge in [0.2, 0.25) is 10.0 Å². The van der Waals surface area contributed by atoms with Crippen LogP contribution < -0.4 is 4.72 Å². The lowest BCUT2D eigenvalue weighted by molar-refractivity contribution is 0.0763. The molecule has 128 valence electrons. The number of hydrogen-bond donors (Lipinski definition) is 1. The lowest BCUT2D eigenvalue weighted by Gasteiger charge is -2.42. The monoisotopic (exact) mass is 346 g/mol. The standard InChI is InChI=1S/C17H22N4O2S/c22-24(23,17-7-2-1-3-8-17)19-11-16-13-20(14-5-4-6-14)12-15-9-10-18-21(15)16/h1-3,7-10,14,16,19H,4-6,11-13H2. The number of rotatable bonds is 5. The summed E-state index contributed by atoms with van der Waals surface area (Å²) in [4.78, 5) is 2.78. The molecule has 0 spiro atoms. The third kappa shape index (κ3) is 2.99. The van der Waals surface area contributed by atoms with E-state index in [0.717, 1.165) is 18.8 Å². The molecule has 1 saturated carbocycles. The van der Waals surface area contributed by atoms with Gasteiger partial charge >= 0.3 is 0 Å². The van der Waals surface area contributed by atoms with Gasteiger partial charge in [-0.2, -0.15) is 5.10 Å². The van der Waals surface area contributed by atoms with Crippen LogP contribution in [0.4, 0.5) is 0 Å². The van der Waals surface area contributed by atoms with Crippen LogP contribution in [0.5, 0.6) is 0 Å². The fourth-order valence-corrected chi connectivity index (χ4v) is 4.58. The molecule has 4 rings (SSSR count). The van der Waals surface area contributed by atoms with Crippen molar-refractivity contribution in [1.82, 2.24) is 19.4 Å². The topological polar surface area (TPSA) is 67.2 Å². The minimum atomic E-state index is -3.48. The van der Waals surface area contributed by atoms with Crippen LogP contribution in [0, 0.1) is 0 Å². The van der Waals surface area contributed by atoms with Gasteiger partial charge in [0.1, 0.15) is 0 Å². The van der Waals surface area contributed by atoms with Crippen molar-refractivity contribution in [3.05, 3.63) is 48.3 Å². The minimum absolute atomic E-state index is 0.0304. The maximum atomic E-state index is 12.5. The Morgan fingerprint density at radius 3 is 2.67 bits per heavy atom. The molecule has 1 aliphatic heterocycles. The number of aromatic nitrogens is 2. The van der Waals surface area contributed by atoms with E-state index in [0.29, 0.717) is 17.5 Å². The summed E-state index contributed by atoms with van der Waals surface area (Å²) in [6.07, 6.45) is 5.59. The zero-order valence-electron chi connectivity index (χ0n) is 13.5. The van der Waals surface area contributed by atoms with E-state index in [-0.39, 0.29) is 6.04 Å². The highest BCUT2D eigenvalue weighted by molar-refractivity contribution is 7.89. The molecular formula is C17H22N4O2S. The average Bonchev–Trinajstić information content (AvgIpc) is 3.00. The van der Waals surface area contributed by atoms with Crippen LogP contribution in [0.15, 0.2) is 47.5 Å². The Balaban J connectivity index is 1.49. The van der Waals surface area contributed by atoms with Gasteiger partial charge in [0, 0.05) is 31.9 Å². The van der Waals surface area contributed by atoms with Crippen molar-refractivity contribution < 1.29 is 8.42 Å². The second-order valence-electron chi connectivity index (χ2n) is 6.60. The molecule has 0 radical (unpaired) electrons. The quantitative estimate of drug-likeness (QED) is 0.896. The van der Waals surface area contributed by atoms with E-state index >= 15 is 0 Å².